The number of aromatic nitrogens is 1. The number of hydrogen-bond acceptors (Lipinski definition) is 6. The summed E-state index contributed by atoms with van der Waals surface area (Å²) >= 11 is 0.936. The fourth-order valence-corrected chi connectivity index (χ4v) is 5.84. The van der Waals surface area contributed by atoms with E-state index in [-0.39, 0.29) is 9.90 Å². The molecule has 2 aliphatic carbocycles. The molecule has 2 saturated carbocycles. The summed E-state index contributed by atoms with van der Waals surface area (Å²) in [5.74, 6) is 1.13. The Hall–Kier alpha value is -0.990. The fraction of sp³-hybridized carbons (Fsp3) is 0.692. The molecule has 3 rings (SSSR count). The number of nitrogens with one attached hydrogen (secondary N) is 1. The Morgan fingerprint density at radius 1 is 1.48 bits per heavy atom. The monoisotopic (exact) mass is 330 g/mol. The van der Waals surface area contributed by atoms with Crippen LogP contribution in [0, 0.1) is 17.8 Å². The minimum absolute atomic E-state index is 0.0579. The van der Waals surface area contributed by atoms with Gasteiger partial charge in [0.05, 0.1) is 12.6 Å². The Morgan fingerprint density at radius 2 is 2.29 bits per heavy atom. The number of ether oxygens (including phenoxy) is 1. The fourth-order valence-electron chi connectivity index (χ4n) is 3.57. The average molecular weight is 330 g/mol. The predicted octanol–water partition coefficient (Wildman–Crippen LogP) is 1.64. The van der Waals surface area contributed by atoms with Crippen molar-refractivity contribution in [1.82, 2.24) is 9.71 Å². The summed E-state index contributed by atoms with van der Waals surface area (Å²) in [5, 5.41) is 0. The average Bonchev–Trinajstić information content (AvgIpc) is 3.19. The van der Waals surface area contributed by atoms with Crippen LogP contribution in [0.2, 0.25) is 0 Å². The van der Waals surface area contributed by atoms with E-state index in [0.717, 1.165) is 23.7 Å². The first-order valence-corrected chi connectivity index (χ1v) is 9.39. The summed E-state index contributed by atoms with van der Waals surface area (Å²) in [6, 6.07) is 0. The molecule has 0 amide bonds. The molecular weight excluding hydrogens is 312 g/mol. The zero-order chi connectivity index (χ0) is 15.0. The molecule has 1 N–H and O–H groups in total. The lowest BCUT2D eigenvalue weighted by molar-refractivity contribution is 0.0590. The molecule has 3 atom stereocenters. The molecule has 0 saturated heterocycles. The summed E-state index contributed by atoms with van der Waals surface area (Å²) in [6.07, 6.45) is 4.85. The van der Waals surface area contributed by atoms with Gasteiger partial charge in [0.25, 0.3) is 10.0 Å². The van der Waals surface area contributed by atoms with E-state index in [0.29, 0.717) is 18.4 Å². The molecule has 2 fully saturated rings. The van der Waals surface area contributed by atoms with E-state index in [4.69, 9.17) is 0 Å². The third kappa shape index (κ3) is 2.84. The normalized spacial score (nSPS) is 28.0. The van der Waals surface area contributed by atoms with Crippen molar-refractivity contribution < 1.29 is 17.9 Å². The molecule has 1 aromatic heterocycles. The number of esters is 1. The lowest BCUT2D eigenvalue weighted by Gasteiger charge is -2.21. The Kier molecular flexibility index (Phi) is 4.02. The highest BCUT2D eigenvalue weighted by molar-refractivity contribution is 7.91. The van der Waals surface area contributed by atoms with Crippen LogP contribution in [-0.4, -0.2) is 33.0 Å². The first-order chi connectivity index (χ1) is 10.0. The highest BCUT2D eigenvalue weighted by Crippen LogP contribution is 2.48. The number of fused-ring (bicyclic) bond motifs is 2. The van der Waals surface area contributed by atoms with Crippen LogP contribution in [0.15, 0.2) is 9.72 Å². The van der Waals surface area contributed by atoms with Crippen LogP contribution in [-0.2, 0) is 14.8 Å². The Balaban J connectivity index is 1.70. The van der Waals surface area contributed by atoms with Gasteiger partial charge in [0.1, 0.15) is 0 Å². The van der Waals surface area contributed by atoms with Gasteiger partial charge in [-0.3, -0.25) is 0 Å². The summed E-state index contributed by atoms with van der Waals surface area (Å²) in [6.45, 7) is 0.446. The smallest absolute Gasteiger partial charge is 0.358 e. The maximum absolute atomic E-state index is 12.3. The molecule has 0 radical (unpaired) electrons. The van der Waals surface area contributed by atoms with Crippen LogP contribution in [0.5, 0.6) is 0 Å². The number of nitrogens with zero attached hydrogens (tertiary/aromatic N) is 1. The molecule has 116 valence electrons. The van der Waals surface area contributed by atoms with E-state index in [1.807, 2.05) is 0 Å². The first-order valence-electron chi connectivity index (χ1n) is 7.02. The lowest BCUT2D eigenvalue weighted by Crippen LogP contribution is -2.32. The van der Waals surface area contributed by atoms with Crippen LogP contribution in [0.1, 0.15) is 36.2 Å². The zero-order valence-electron chi connectivity index (χ0n) is 11.7. The number of carbonyl (C=O) groups excluding carboxylic acids is 1. The van der Waals surface area contributed by atoms with Gasteiger partial charge in [0.2, 0.25) is 0 Å². The third-order valence-electron chi connectivity index (χ3n) is 4.58. The second-order valence-electron chi connectivity index (χ2n) is 5.77. The molecule has 8 heteroatoms. The number of hydrogen-bond donors (Lipinski definition) is 1. The molecule has 0 spiro atoms. The van der Waals surface area contributed by atoms with E-state index in [1.54, 1.807) is 0 Å². The molecule has 0 aliphatic heterocycles. The Bertz CT molecular complexity index is 640. The van der Waals surface area contributed by atoms with E-state index in [2.05, 4.69) is 14.4 Å². The maximum atomic E-state index is 12.3. The predicted molar refractivity (Wildman–Crippen MR) is 77.6 cm³/mol. The van der Waals surface area contributed by atoms with Gasteiger partial charge >= 0.3 is 5.97 Å². The summed E-state index contributed by atoms with van der Waals surface area (Å²) < 4.78 is 31.8. The molecule has 2 bridgehead atoms. The number of carbonyl (C=O) groups is 1. The van der Waals surface area contributed by atoms with Gasteiger partial charge in [-0.15, -0.1) is 11.3 Å². The van der Waals surface area contributed by atoms with Crippen LogP contribution in [0.4, 0.5) is 0 Å². The highest BCUT2D eigenvalue weighted by Gasteiger charge is 2.40. The van der Waals surface area contributed by atoms with Crippen molar-refractivity contribution >= 4 is 27.3 Å². The van der Waals surface area contributed by atoms with Crippen LogP contribution in [0.25, 0.3) is 0 Å². The van der Waals surface area contributed by atoms with Crippen molar-refractivity contribution in [3.63, 3.8) is 0 Å². The molecular formula is C13H18N2O4S2. The SMILES string of the molecule is COC(=O)c1ncsc1S(=O)(=O)NCC1CC2CCC1C2. The van der Waals surface area contributed by atoms with Gasteiger partial charge in [0, 0.05) is 6.54 Å². The van der Waals surface area contributed by atoms with Gasteiger partial charge in [-0.25, -0.2) is 22.9 Å². The number of methoxy groups -OCH3 is 1. The lowest BCUT2D eigenvalue weighted by atomic mass is 9.89. The van der Waals surface area contributed by atoms with Crippen molar-refractivity contribution in [2.45, 2.75) is 29.9 Å². The molecule has 1 aromatic rings. The van der Waals surface area contributed by atoms with Crippen molar-refractivity contribution in [2.75, 3.05) is 13.7 Å². The Morgan fingerprint density at radius 3 is 2.90 bits per heavy atom. The zero-order valence-corrected chi connectivity index (χ0v) is 13.4. The number of rotatable bonds is 5. The van der Waals surface area contributed by atoms with Crippen molar-refractivity contribution in [3.05, 3.63) is 11.2 Å². The summed E-state index contributed by atoms with van der Waals surface area (Å²) in [5.41, 5.74) is 1.21. The van der Waals surface area contributed by atoms with Crippen molar-refractivity contribution in [3.8, 4) is 0 Å². The molecule has 3 unspecified atom stereocenters. The van der Waals surface area contributed by atoms with Crippen molar-refractivity contribution in [1.29, 1.82) is 0 Å². The topological polar surface area (TPSA) is 85.4 Å². The van der Waals surface area contributed by atoms with Crippen LogP contribution < -0.4 is 4.72 Å². The van der Waals surface area contributed by atoms with E-state index >= 15 is 0 Å². The van der Waals surface area contributed by atoms with Crippen molar-refractivity contribution in [2.24, 2.45) is 17.8 Å². The largest absolute Gasteiger partial charge is 0.464 e. The standard InChI is InChI=1S/C13H18N2O4S2/c1-19-12(16)11-13(20-7-14-11)21(17,18)15-6-10-5-8-2-3-9(10)4-8/h7-10,15H,2-6H2,1H3. The molecule has 21 heavy (non-hydrogen) atoms. The molecule has 0 aromatic carbocycles. The van der Waals surface area contributed by atoms with Crippen LogP contribution in [0.3, 0.4) is 0 Å². The van der Waals surface area contributed by atoms with Crippen LogP contribution >= 0.6 is 11.3 Å². The molecule has 1 heterocycles. The Labute approximate surface area is 128 Å². The quantitative estimate of drug-likeness (QED) is 0.830. The van der Waals surface area contributed by atoms with Gasteiger partial charge < -0.3 is 4.74 Å². The van der Waals surface area contributed by atoms with Gasteiger partial charge in [-0.2, -0.15) is 0 Å². The van der Waals surface area contributed by atoms with E-state index < -0.39 is 16.0 Å². The maximum Gasteiger partial charge on any atom is 0.358 e. The van der Waals surface area contributed by atoms with E-state index in [9.17, 15) is 13.2 Å². The third-order valence-corrected chi connectivity index (χ3v) is 7.37. The number of sulfonamides is 1. The second kappa shape index (κ2) is 5.66. The molecule has 6 nitrogen and oxygen atoms in total. The van der Waals surface area contributed by atoms with E-state index in [1.165, 1.54) is 31.9 Å². The second-order valence-corrected chi connectivity index (χ2v) is 8.58. The number of thiazole rings is 1. The summed E-state index contributed by atoms with van der Waals surface area (Å²) in [4.78, 5) is 15.3. The van der Waals surface area contributed by atoms with Gasteiger partial charge in [-0.05, 0) is 37.0 Å². The van der Waals surface area contributed by atoms with Gasteiger partial charge in [0.15, 0.2) is 9.90 Å². The first kappa shape index (κ1) is 14.9. The minimum Gasteiger partial charge on any atom is -0.464 e. The summed E-state index contributed by atoms with van der Waals surface area (Å²) in [7, 11) is -2.49. The van der Waals surface area contributed by atoms with Gasteiger partial charge in [-0.1, -0.05) is 6.42 Å². The highest BCUT2D eigenvalue weighted by atomic mass is 32.2. The molecule has 2 aliphatic rings. The minimum atomic E-state index is -3.70.